The third-order valence-corrected chi connectivity index (χ3v) is 6.19. The third kappa shape index (κ3) is 6.04. The van der Waals surface area contributed by atoms with Gasteiger partial charge in [-0.15, -0.1) is 0 Å². The van der Waals surface area contributed by atoms with Gasteiger partial charge in [-0.1, -0.05) is 50.2 Å². The second kappa shape index (κ2) is 10.9. The molecule has 0 N–H and O–H groups in total. The first-order chi connectivity index (χ1) is 15.6. The smallest absolute Gasteiger partial charge is 0.227 e. The monoisotopic (exact) mass is 436 g/mol. The van der Waals surface area contributed by atoms with Gasteiger partial charge in [-0.3, -0.25) is 9.69 Å². The normalized spacial score (nSPS) is 18.9. The summed E-state index contributed by atoms with van der Waals surface area (Å²) >= 11 is 0. The van der Waals surface area contributed by atoms with Crippen LogP contribution in [0.5, 0.6) is 11.5 Å². The summed E-state index contributed by atoms with van der Waals surface area (Å²) in [5.74, 6) is 2.36. The number of hydrogen-bond acceptors (Lipinski definition) is 4. The van der Waals surface area contributed by atoms with Gasteiger partial charge in [-0.2, -0.15) is 0 Å². The zero-order valence-corrected chi connectivity index (χ0v) is 19.5. The van der Waals surface area contributed by atoms with Crippen LogP contribution in [0.3, 0.4) is 0 Å². The van der Waals surface area contributed by atoms with Crippen molar-refractivity contribution >= 4 is 5.91 Å². The molecular formula is C27H36N2O3. The van der Waals surface area contributed by atoms with Crippen LogP contribution in [0.1, 0.15) is 44.2 Å². The van der Waals surface area contributed by atoms with E-state index in [9.17, 15) is 4.79 Å². The van der Waals surface area contributed by atoms with Crippen LogP contribution >= 0.6 is 0 Å². The van der Waals surface area contributed by atoms with Crippen molar-refractivity contribution in [3.8, 4) is 11.5 Å². The van der Waals surface area contributed by atoms with E-state index in [2.05, 4.69) is 60.0 Å². The number of likely N-dealkylation sites (tertiary alicyclic amines) is 1. The molecule has 5 nitrogen and oxygen atoms in total. The molecule has 0 aliphatic carbocycles. The van der Waals surface area contributed by atoms with Gasteiger partial charge < -0.3 is 14.4 Å². The Morgan fingerprint density at radius 3 is 2.59 bits per heavy atom. The third-order valence-electron chi connectivity index (χ3n) is 6.19. The van der Waals surface area contributed by atoms with Crippen LogP contribution in [0.4, 0.5) is 0 Å². The van der Waals surface area contributed by atoms with Gasteiger partial charge in [0, 0.05) is 32.6 Å². The molecular weight excluding hydrogens is 400 g/mol. The van der Waals surface area contributed by atoms with Gasteiger partial charge in [0.2, 0.25) is 5.91 Å². The van der Waals surface area contributed by atoms with Crippen molar-refractivity contribution in [1.82, 2.24) is 9.80 Å². The minimum atomic E-state index is 0.0617. The van der Waals surface area contributed by atoms with Crippen molar-refractivity contribution in [2.75, 3.05) is 32.8 Å². The van der Waals surface area contributed by atoms with Gasteiger partial charge in [-0.05, 0) is 48.6 Å². The van der Waals surface area contributed by atoms with E-state index in [-0.39, 0.29) is 11.8 Å². The fourth-order valence-corrected chi connectivity index (χ4v) is 4.70. The van der Waals surface area contributed by atoms with Crippen LogP contribution in [0.15, 0.2) is 48.5 Å². The van der Waals surface area contributed by atoms with Crippen LogP contribution in [0.25, 0.3) is 0 Å². The highest BCUT2D eigenvalue weighted by molar-refractivity contribution is 5.79. The molecule has 4 rings (SSSR count). The van der Waals surface area contributed by atoms with E-state index in [1.54, 1.807) is 0 Å². The van der Waals surface area contributed by atoms with Gasteiger partial charge in [-0.25, -0.2) is 0 Å². The maximum atomic E-state index is 13.6. The average Bonchev–Trinajstić information content (AvgIpc) is 3.04. The zero-order chi connectivity index (χ0) is 22.3. The molecule has 2 aliphatic rings. The second-order valence-corrected chi connectivity index (χ2v) is 9.50. The van der Waals surface area contributed by atoms with Crippen molar-refractivity contribution in [2.24, 2.45) is 11.8 Å². The molecule has 1 fully saturated rings. The number of benzene rings is 2. The molecule has 0 spiro atoms. The lowest BCUT2D eigenvalue weighted by molar-refractivity contribution is -0.138. The van der Waals surface area contributed by atoms with Crippen molar-refractivity contribution in [2.45, 2.75) is 46.2 Å². The highest BCUT2D eigenvalue weighted by Gasteiger charge is 2.30. The summed E-state index contributed by atoms with van der Waals surface area (Å²) in [5.41, 5.74) is 2.41. The predicted molar refractivity (Wildman–Crippen MR) is 127 cm³/mol. The molecule has 0 aromatic heterocycles. The quantitative estimate of drug-likeness (QED) is 0.628. The minimum Gasteiger partial charge on any atom is -0.490 e. The lowest BCUT2D eigenvalue weighted by atomic mass is 9.95. The highest BCUT2D eigenvalue weighted by atomic mass is 16.5. The molecule has 32 heavy (non-hydrogen) atoms. The van der Waals surface area contributed by atoms with Gasteiger partial charge in [0.25, 0.3) is 0 Å². The predicted octanol–water partition coefficient (Wildman–Crippen LogP) is 4.74. The van der Waals surface area contributed by atoms with Gasteiger partial charge >= 0.3 is 0 Å². The van der Waals surface area contributed by atoms with Gasteiger partial charge in [0.05, 0.1) is 19.1 Å². The van der Waals surface area contributed by atoms with Crippen molar-refractivity contribution in [3.63, 3.8) is 0 Å². The number of carbonyl (C=O) groups is 1. The Kier molecular flexibility index (Phi) is 7.69. The molecule has 2 heterocycles. The number of amides is 1. The van der Waals surface area contributed by atoms with E-state index in [0.29, 0.717) is 25.7 Å². The first-order valence-electron chi connectivity index (χ1n) is 12.0. The van der Waals surface area contributed by atoms with E-state index in [1.807, 2.05) is 12.1 Å². The summed E-state index contributed by atoms with van der Waals surface area (Å²) < 4.78 is 11.6. The van der Waals surface area contributed by atoms with E-state index >= 15 is 0 Å². The summed E-state index contributed by atoms with van der Waals surface area (Å²) in [6.07, 6.45) is 2.94. The number of fused-ring (bicyclic) bond motifs is 1. The first-order valence-corrected chi connectivity index (χ1v) is 12.0. The summed E-state index contributed by atoms with van der Waals surface area (Å²) in [4.78, 5) is 18.1. The molecule has 2 aliphatic heterocycles. The number of ether oxygens (including phenoxy) is 2. The molecule has 1 saturated heterocycles. The lowest BCUT2D eigenvalue weighted by Crippen LogP contribution is -2.45. The Balaban J connectivity index is 1.44. The Bertz CT molecular complexity index is 884. The van der Waals surface area contributed by atoms with Crippen molar-refractivity contribution in [1.29, 1.82) is 0 Å². The molecule has 2 aromatic rings. The van der Waals surface area contributed by atoms with E-state index in [1.165, 1.54) is 5.56 Å². The van der Waals surface area contributed by atoms with E-state index in [0.717, 1.165) is 62.5 Å². The summed E-state index contributed by atoms with van der Waals surface area (Å²) in [6, 6.07) is 16.6. The Morgan fingerprint density at radius 2 is 1.81 bits per heavy atom. The SMILES string of the molecule is CC(C)CN(Cc1ccc2c(c1)OCCCO2)C(=O)[C@@H]1CCCN(Cc2ccccc2)C1. The number of nitrogens with zero attached hydrogens (tertiary/aromatic N) is 2. The molecule has 0 unspecified atom stereocenters. The Morgan fingerprint density at radius 1 is 1.03 bits per heavy atom. The number of carbonyl (C=O) groups excluding carboxylic acids is 1. The molecule has 5 heteroatoms. The van der Waals surface area contributed by atoms with Crippen LogP contribution in [-0.2, 0) is 17.9 Å². The number of rotatable bonds is 7. The maximum Gasteiger partial charge on any atom is 0.227 e. The fourth-order valence-electron chi connectivity index (χ4n) is 4.70. The highest BCUT2D eigenvalue weighted by Crippen LogP contribution is 2.31. The van der Waals surface area contributed by atoms with E-state index < -0.39 is 0 Å². The lowest BCUT2D eigenvalue weighted by Gasteiger charge is -2.35. The van der Waals surface area contributed by atoms with E-state index in [4.69, 9.17) is 9.47 Å². The van der Waals surface area contributed by atoms with Crippen LogP contribution in [-0.4, -0.2) is 48.6 Å². The van der Waals surface area contributed by atoms with Gasteiger partial charge in [0.15, 0.2) is 11.5 Å². The molecule has 1 amide bonds. The minimum absolute atomic E-state index is 0.0617. The van der Waals surface area contributed by atoms with Crippen LogP contribution < -0.4 is 9.47 Å². The maximum absolute atomic E-state index is 13.6. The second-order valence-electron chi connectivity index (χ2n) is 9.50. The molecule has 0 bridgehead atoms. The average molecular weight is 437 g/mol. The standard InChI is InChI=1S/C27H36N2O3/c1-21(2)17-29(19-23-11-12-25-26(16-23)32-15-7-14-31-25)27(30)24-10-6-13-28(20-24)18-22-8-4-3-5-9-22/h3-5,8-9,11-12,16,21,24H,6-7,10,13-15,17-20H2,1-2H3/t24-/m1/s1. The fraction of sp³-hybridized carbons (Fsp3) is 0.519. The number of piperidine rings is 1. The topological polar surface area (TPSA) is 42.0 Å². The summed E-state index contributed by atoms with van der Waals surface area (Å²) in [7, 11) is 0. The molecule has 1 atom stereocenters. The van der Waals surface area contributed by atoms with Gasteiger partial charge in [0.1, 0.15) is 0 Å². The number of hydrogen-bond donors (Lipinski definition) is 0. The van der Waals surface area contributed by atoms with Crippen LogP contribution in [0.2, 0.25) is 0 Å². The summed E-state index contributed by atoms with van der Waals surface area (Å²) in [6.45, 7) is 9.90. The van der Waals surface area contributed by atoms with Crippen LogP contribution in [0, 0.1) is 11.8 Å². The molecule has 2 aromatic carbocycles. The molecule has 172 valence electrons. The van der Waals surface area contributed by atoms with Crippen molar-refractivity contribution < 1.29 is 14.3 Å². The molecule has 0 saturated carbocycles. The molecule has 0 radical (unpaired) electrons. The largest absolute Gasteiger partial charge is 0.490 e. The zero-order valence-electron chi connectivity index (χ0n) is 19.5. The summed E-state index contributed by atoms with van der Waals surface area (Å²) in [5, 5.41) is 0. The Hall–Kier alpha value is -2.53. The first kappa shape index (κ1) is 22.7. The van der Waals surface area contributed by atoms with Crippen molar-refractivity contribution in [3.05, 3.63) is 59.7 Å². The Labute approximate surface area is 192 Å².